The van der Waals surface area contributed by atoms with Gasteiger partial charge in [-0.2, -0.15) is 0 Å². The average molecular weight is 579 g/mol. The van der Waals surface area contributed by atoms with E-state index in [0.717, 1.165) is 49.7 Å². The molecule has 5 aromatic rings. The Balaban J connectivity index is 1.14. The summed E-state index contributed by atoms with van der Waals surface area (Å²) in [6, 6.07) is 26.9. The number of rotatable bonds is 4. The van der Waals surface area contributed by atoms with Crippen LogP contribution in [-0.2, 0) is 38.5 Å². The van der Waals surface area contributed by atoms with Crippen LogP contribution in [0.25, 0.3) is 22.3 Å². The molecule has 0 nitrogen and oxygen atoms in total. The Morgan fingerprint density at radius 3 is 1.33 bits per heavy atom. The van der Waals surface area contributed by atoms with Crippen LogP contribution >= 0.6 is 22.7 Å². The van der Waals surface area contributed by atoms with Gasteiger partial charge in [0.2, 0.25) is 0 Å². The molecule has 0 radical (unpaired) electrons. The van der Waals surface area contributed by atoms with E-state index >= 15 is 0 Å². The monoisotopic (exact) mass is 578 g/mol. The van der Waals surface area contributed by atoms with E-state index in [9.17, 15) is 0 Å². The van der Waals surface area contributed by atoms with Crippen molar-refractivity contribution >= 4 is 22.7 Å². The fourth-order valence-corrected chi connectivity index (χ4v) is 8.46. The smallest absolute Gasteiger partial charge is 0.0781 e. The van der Waals surface area contributed by atoms with Gasteiger partial charge in [0.05, 0.1) is 9.75 Å². The largest absolute Gasteiger partial charge is 0.131 e. The maximum atomic E-state index is 3.47. The van der Waals surface area contributed by atoms with Gasteiger partial charge < -0.3 is 0 Å². The zero-order valence-corrected chi connectivity index (χ0v) is 26.0. The molecule has 2 heteroatoms. The van der Waals surface area contributed by atoms with Gasteiger partial charge in [0.15, 0.2) is 0 Å². The number of hydrogen-bond acceptors (Lipinski definition) is 2. The molecule has 3 aromatic carbocycles. The van der Waals surface area contributed by atoms with E-state index in [1.54, 1.807) is 11.1 Å². The third kappa shape index (κ3) is 5.39. The first kappa shape index (κ1) is 27.0. The lowest BCUT2D eigenvalue weighted by molar-refractivity contribution is 0.892. The molecule has 42 heavy (non-hydrogen) atoms. The van der Waals surface area contributed by atoms with Crippen molar-refractivity contribution in [1.82, 2.24) is 0 Å². The van der Waals surface area contributed by atoms with Gasteiger partial charge in [0.1, 0.15) is 0 Å². The zero-order valence-electron chi connectivity index (χ0n) is 24.4. The van der Waals surface area contributed by atoms with Crippen molar-refractivity contribution in [2.24, 2.45) is 0 Å². The van der Waals surface area contributed by atoms with Crippen LogP contribution in [0.2, 0.25) is 0 Å². The number of benzene rings is 3. The SMILES string of the molecule is CCCc1ccc(C#Cc2cc3c(s2)CCc2c-3ccc3c2CCc2sc(C#Cc4ccc(CCC)cc4)cc2-3)cc1. The van der Waals surface area contributed by atoms with E-state index < -0.39 is 0 Å². The molecule has 0 N–H and O–H groups in total. The molecular formula is C40H34S2. The van der Waals surface area contributed by atoms with Crippen LogP contribution in [0.4, 0.5) is 0 Å². The van der Waals surface area contributed by atoms with Gasteiger partial charge >= 0.3 is 0 Å². The van der Waals surface area contributed by atoms with Gasteiger partial charge in [-0.05, 0) is 119 Å². The Morgan fingerprint density at radius 1 is 0.500 bits per heavy atom. The van der Waals surface area contributed by atoms with Crippen LogP contribution in [0.15, 0.2) is 72.8 Å². The van der Waals surface area contributed by atoms with E-state index in [4.69, 9.17) is 0 Å². The van der Waals surface area contributed by atoms with Crippen molar-refractivity contribution in [1.29, 1.82) is 0 Å². The molecule has 0 aliphatic heterocycles. The Labute approximate surface area is 258 Å². The molecule has 2 aliphatic carbocycles. The van der Waals surface area contributed by atoms with E-state index in [-0.39, 0.29) is 0 Å². The van der Waals surface area contributed by atoms with Crippen molar-refractivity contribution in [3.05, 3.63) is 126 Å². The molecule has 2 heterocycles. The predicted molar refractivity (Wildman–Crippen MR) is 181 cm³/mol. The summed E-state index contributed by atoms with van der Waals surface area (Å²) in [6.07, 6.45) is 9.08. The Kier molecular flexibility index (Phi) is 7.61. The second-order valence-electron chi connectivity index (χ2n) is 11.4. The van der Waals surface area contributed by atoms with Gasteiger partial charge in [-0.1, -0.05) is 86.8 Å². The predicted octanol–water partition coefficient (Wildman–Crippen LogP) is 10.0. The van der Waals surface area contributed by atoms with Crippen LogP contribution < -0.4 is 0 Å². The fraction of sp³-hybridized carbons (Fsp3) is 0.250. The van der Waals surface area contributed by atoms with Crippen molar-refractivity contribution in [3.8, 4) is 45.9 Å². The summed E-state index contributed by atoms with van der Waals surface area (Å²) in [5.74, 6) is 13.7. The Morgan fingerprint density at radius 2 is 0.929 bits per heavy atom. The lowest BCUT2D eigenvalue weighted by Gasteiger charge is -2.25. The number of fused-ring (bicyclic) bond motifs is 7. The van der Waals surface area contributed by atoms with Crippen molar-refractivity contribution < 1.29 is 0 Å². The van der Waals surface area contributed by atoms with Gasteiger partial charge in [-0.25, -0.2) is 0 Å². The summed E-state index contributed by atoms with van der Waals surface area (Å²) in [6.45, 7) is 4.45. The van der Waals surface area contributed by atoms with Crippen molar-refractivity contribution in [2.45, 2.75) is 65.2 Å². The highest BCUT2D eigenvalue weighted by Crippen LogP contribution is 2.46. The summed E-state index contributed by atoms with van der Waals surface area (Å²) >= 11 is 3.76. The van der Waals surface area contributed by atoms with Crippen molar-refractivity contribution in [3.63, 3.8) is 0 Å². The summed E-state index contributed by atoms with van der Waals surface area (Å²) in [7, 11) is 0. The number of hydrogen-bond donors (Lipinski definition) is 0. The second kappa shape index (κ2) is 11.8. The third-order valence-electron chi connectivity index (χ3n) is 8.48. The lowest BCUT2D eigenvalue weighted by Crippen LogP contribution is -2.10. The molecule has 2 aliphatic rings. The van der Waals surface area contributed by atoms with Crippen LogP contribution in [0.1, 0.15) is 79.6 Å². The Hall–Kier alpha value is -3.82. The molecule has 2 aromatic heterocycles. The van der Waals surface area contributed by atoms with Gasteiger partial charge in [0, 0.05) is 20.9 Å². The number of thiophene rings is 2. The third-order valence-corrected chi connectivity index (χ3v) is 10.7. The highest BCUT2D eigenvalue weighted by Gasteiger charge is 2.27. The molecule has 0 saturated carbocycles. The van der Waals surface area contributed by atoms with Crippen LogP contribution in [-0.4, -0.2) is 0 Å². The normalized spacial score (nSPS) is 12.6. The van der Waals surface area contributed by atoms with E-state index in [0.29, 0.717) is 0 Å². The van der Waals surface area contributed by atoms with Crippen LogP contribution in [0, 0.1) is 23.7 Å². The van der Waals surface area contributed by atoms with E-state index in [1.807, 2.05) is 22.7 Å². The molecule has 0 fully saturated rings. The Bertz CT molecular complexity index is 1750. The first-order valence-electron chi connectivity index (χ1n) is 15.3. The van der Waals surface area contributed by atoms with Gasteiger partial charge in [-0.15, -0.1) is 22.7 Å². The van der Waals surface area contributed by atoms with Crippen LogP contribution in [0.3, 0.4) is 0 Å². The molecule has 0 amide bonds. The molecule has 0 saturated heterocycles. The molecule has 0 atom stereocenters. The average Bonchev–Trinajstić information content (AvgIpc) is 3.64. The lowest BCUT2D eigenvalue weighted by atomic mass is 9.80. The molecule has 0 spiro atoms. The summed E-state index contributed by atoms with van der Waals surface area (Å²) in [5, 5.41) is 0. The topological polar surface area (TPSA) is 0 Å². The minimum absolute atomic E-state index is 1.09. The minimum Gasteiger partial charge on any atom is -0.131 e. The fourth-order valence-electron chi connectivity index (χ4n) is 6.41. The maximum Gasteiger partial charge on any atom is 0.0781 e. The zero-order chi connectivity index (χ0) is 28.5. The van der Waals surface area contributed by atoms with Gasteiger partial charge in [-0.3, -0.25) is 0 Å². The second-order valence-corrected chi connectivity index (χ2v) is 13.7. The van der Waals surface area contributed by atoms with Crippen molar-refractivity contribution in [2.75, 3.05) is 0 Å². The quantitative estimate of drug-likeness (QED) is 0.186. The summed E-state index contributed by atoms with van der Waals surface area (Å²) in [5.41, 5.74) is 13.7. The molecule has 0 unspecified atom stereocenters. The molecule has 7 rings (SSSR count). The maximum absolute atomic E-state index is 3.47. The van der Waals surface area contributed by atoms with Gasteiger partial charge in [0.25, 0.3) is 0 Å². The highest BCUT2D eigenvalue weighted by molar-refractivity contribution is 7.13. The van der Waals surface area contributed by atoms with Crippen LogP contribution in [0.5, 0.6) is 0 Å². The number of aryl methyl sites for hydroxylation is 4. The molecule has 0 bridgehead atoms. The molecular weight excluding hydrogens is 545 g/mol. The van der Waals surface area contributed by atoms with E-state index in [1.165, 1.54) is 65.7 Å². The first-order chi connectivity index (χ1) is 20.7. The molecule has 206 valence electrons. The highest BCUT2D eigenvalue weighted by atomic mass is 32.1. The standard InChI is InChI=1S/C40H34S2/c1-3-5-27-7-11-29(12-8-27)15-17-31-25-37-35-19-20-36-34(33(35)21-23-39(37)41-31)22-24-40-38(36)26-32(42-40)18-16-30-13-9-28(6-4-2)10-14-30/h7-14,19-20,25-26H,3-6,21-24H2,1-2H3. The summed E-state index contributed by atoms with van der Waals surface area (Å²) in [4.78, 5) is 5.31. The first-order valence-corrected chi connectivity index (χ1v) is 16.9. The summed E-state index contributed by atoms with van der Waals surface area (Å²) < 4.78 is 0. The van der Waals surface area contributed by atoms with E-state index in [2.05, 4.69) is 110 Å². The minimum atomic E-state index is 1.09.